The maximum Gasteiger partial charge on any atom is 0.257 e. The predicted octanol–water partition coefficient (Wildman–Crippen LogP) is 4.84. The maximum atomic E-state index is 5.36. The fraction of sp³-hybridized carbons (Fsp3) is 0.200. The van der Waals surface area contributed by atoms with Crippen LogP contribution in [0.3, 0.4) is 0 Å². The van der Waals surface area contributed by atoms with Gasteiger partial charge in [-0.25, -0.2) is 0 Å². The zero-order valence-corrected chi connectivity index (χ0v) is 17.0. The van der Waals surface area contributed by atoms with Gasteiger partial charge in [-0.2, -0.15) is 4.98 Å². The second-order valence-electron chi connectivity index (χ2n) is 6.21. The van der Waals surface area contributed by atoms with E-state index in [0.717, 1.165) is 28.0 Å². The predicted molar refractivity (Wildman–Crippen MR) is 113 cm³/mol. The molecule has 0 saturated heterocycles. The van der Waals surface area contributed by atoms with Gasteiger partial charge in [-0.3, -0.25) is 0 Å². The highest BCUT2D eigenvalue weighted by Gasteiger charge is 2.11. The third-order valence-electron chi connectivity index (χ3n) is 4.03. The van der Waals surface area contributed by atoms with Gasteiger partial charge in [0.2, 0.25) is 5.13 Å². The number of thioether (sulfide) groups is 1. The zero-order chi connectivity index (χ0) is 19.2. The molecule has 8 heteroatoms. The molecule has 142 valence electrons. The molecular weight excluding hydrogens is 390 g/mol. The lowest BCUT2D eigenvalue weighted by Gasteiger charge is -2.01. The molecule has 6 nitrogen and oxygen atoms in total. The Balaban J connectivity index is 1.27. The summed E-state index contributed by atoms with van der Waals surface area (Å²) in [6.45, 7) is 2.88. The molecule has 0 spiro atoms. The van der Waals surface area contributed by atoms with Crippen molar-refractivity contribution in [2.75, 3.05) is 11.9 Å². The molecular formula is C20H19N5OS2. The van der Waals surface area contributed by atoms with E-state index in [-0.39, 0.29) is 0 Å². The second kappa shape index (κ2) is 8.99. The topological polar surface area (TPSA) is 76.7 Å². The van der Waals surface area contributed by atoms with Gasteiger partial charge in [-0.05, 0) is 31.0 Å². The van der Waals surface area contributed by atoms with Gasteiger partial charge in [0.1, 0.15) is 0 Å². The van der Waals surface area contributed by atoms with Gasteiger partial charge >= 0.3 is 0 Å². The summed E-state index contributed by atoms with van der Waals surface area (Å²) in [7, 11) is 0. The Kier molecular flexibility index (Phi) is 5.98. The highest BCUT2D eigenvalue weighted by Crippen LogP contribution is 2.28. The fourth-order valence-corrected chi connectivity index (χ4v) is 4.17. The molecule has 4 aromatic rings. The summed E-state index contributed by atoms with van der Waals surface area (Å²) >= 11 is 3.09. The summed E-state index contributed by atoms with van der Waals surface area (Å²) in [5.74, 6) is 1.78. The summed E-state index contributed by atoms with van der Waals surface area (Å²) in [5.41, 5.74) is 3.43. The molecule has 0 aliphatic rings. The summed E-state index contributed by atoms with van der Waals surface area (Å²) in [5, 5.41) is 16.6. The first-order valence-corrected chi connectivity index (χ1v) is 10.7. The molecule has 0 aliphatic heterocycles. The number of aryl methyl sites for hydroxylation is 1. The van der Waals surface area contributed by atoms with Gasteiger partial charge in [0.15, 0.2) is 10.2 Å². The van der Waals surface area contributed by atoms with Crippen molar-refractivity contribution >= 4 is 28.2 Å². The molecule has 4 rings (SSSR count). The Morgan fingerprint density at radius 1 is 1.04 bits per heavy atom. The van der Waals surface area contributed by atoms with E-state index >= 15 is 0 Å². The number of hydrogen-bond donors (Lipinski definition) is 1. The lowest BCUT2D eigenvalue weighted by molar-refractivity contribution is 0.425. The molecule has 0 aliphatic carbocycles. The van der Waals surface area contributed by atoms with E-state index in [0.29, 0.717) is 17.5 Å². The van der Waals surface area contributed by atoms with Crippen LogP contribution in [0.1, 0.15) is 17.0 Å². The van der Waals surface area contributed by atoms with E-state index < -0.39 is 0 Å². The van der Waals surface area contributed by atoms with E-state index in [2.05, 4.69) is 49.9 Å². The largest absolute Gasteiger partial charge is 0.360 e. The summed E-state index contributed by atoms with van der Waals surface area (Å²) in [6.07, 6.45) is 0.952. The van der Waals surface area contributed by atoms with Crippen LogP contribution in [0.25, 0.3) is 11.5 Å². The quantitative estimate of drug-likeness (QED) is 0.417. The van der Waals surface area contributed by atoms with Crippen LogP contribution < -0.4 is 5.32 Å². The van der Waals surface area contributed by atoms with Crippen molar-refractivity contribution in [3.63, 3.8) is 0 Å². The molecule has 2 heterocycles. The van der Waals surface area contributed by atoms with Crippen molar-refractivity contribution < 1.29 is 4.52 Å². The van der Waals surface area contributed by atoms with Gasteiger partial charge in [-0.1, -0.05) is 76.3 Å². The first-order valence-electron chi connectivity index (χ1n) is 8.90. The Hall–Kier alpha value is -2.71. The van der Waals surface area contributed by atoms with Gasteiger partial charge in [0, 0.05) is 12.1 Å². The minimum absolute atomic E-state index is 0.538. The molecule has 0 amide bonds. The Morgan fingerprint density at radius 2 is 1.86 bits per heavy atom. The number of nitrogens with one attached hydrogen (secondary N) is 1. The zero-order valence-electron chi connectivity index (χ0n) is 15.3. The van der Waals surface area contributed by atoms with Crippen LogP contribution in [0.15, 0.2) is 63.5 Å². The van der Waals surface area contributed by atoms with Gasteiger partial charge in [0.05, 0.1) is 5.75 Å². The summed E-state index contributed by atoms with van der Waals surface area (Å²) < 4.78 is 6.24. The molecule has 1 N–H and O–H groups in total. The first-order chi connectivity index (χ1) is 13.8. The van der Waals surface area contributed by atoms with Crippen LogP contribution >= 0.6 is 23.1 Å². The Bertz CT molecular complexity index is 1010. The normalized spacial score (nSPS) is 10.9. The molecule has 2 aromatic carbocycles. The van der Waals surface area contributed by atoms with Crippen molar-refractivity contribution in [1.29, 1.82) is 0 Å². The number of benzene rings is 2. The van der Waals surface area contributed by atoms with E-state index in [9.17, 15) is 0 Å². The summed E-state index contributed by atoms with van der Waals surface area (Å²) in [4.78, 5) is 4.46. The maximum absolute atomic E-state index is 5.36. The second-order valence-corrected chi connectivity index (χ2v) is 8.41. The lowest BCUT2D eigenvalue weighted by atomic mass is 10.1. The van der Waals surface area contributed by atoms with E-state index in [4.69, 9.17) is 4.52 Å². The molecule has 0 unspecified atom stereocenters. The minimum atomic E-state index is 0.538. The van der Waals surface area contributed by atoms with Crippen molar-refractivity contribution in [3.8, 4) is 11.5 Å². The molecule has 0 atom stereocenters. The van der Waals surface area contributed by atoms with Crippen LogP contribution in [-0.4, -0.2) is 26.9 Å². The van der Waals surface area contributed by atoms with Crippen molar-refractivity contribution in [1.82, 2.24) is 20.3 Å². The molecule has 0 fully saturated rings. The molecule has 28 heavy (non-hydrogen) atoms. The SMILES string of the molecule is Cc1ccc(-c2nc(CSc3nnc(NCCc4ccccc4)s3)no2)cc1. The number of hydrogen-bond acceptors (Lipinski definition) is 8. The van der Waals surface area contributed by atoms with Crippen LogP contribution in [0.2, 0.25) is 0 Å². The van der Waals surface area contributed by atoms with E-state index in [1.54, 1.807) is 11.8 Å². The average molecular weight is 410 g/mol. The number of nitrogens with zero attached hydrogens (tertiary/aromatic N) is 4. The number of rotatable bonds is 8. The highest BCUT2D eigenvalue weighted by atomic mass is 32.2. The highest BCUT2D eigenvalue weighted by molar-refractivity contribution is 8.00. The fourth-order valence-electron chi connectivity index (χ4n) is 2.55. The average Bonchev–Trinajstić information content (AvgIpc) is 3.37. The van der Waals surface area contributed by atoms with Crippen molar-refractivity contribution in [2.45, 2.75) is 23.4 Å². The van der Waals surface area contributed by atoms with Gasteiger partial charge in [0.25, 0.3) is 5.89 Å². The van der Waals surface area contributed by atoms with Crippen molar-refractivity contribution in [3.05, 3.63) is 71.5 Å². The molecule has 0 bridgehead atoms. The summed E-state index contributed by atoms with van der Waals surface area (Å²) in [6, 6.07) is 18.4. The Morgan fingerprint density at radius 3 is 2.68 bits per heavy atom. The Labute approximate surface area is 171 Å². The minimum Gasteiger partial charge on any atom is -0.360 e. The molecule has 2 aromatic heterocycles. The van der Waals surface area contributed by atoms with Crippen LogP contribution in [0, 0.1) is 6.92 Å². The van der Waals surface area contributed by atoms with Crippen LogP contribution in [-0.2, 0) is 12.2 Å². The third-order valence-corrected chi connectivity index (χ3v) is 6.04. The lowest BCUT2D eigenvalue weighted by Crippen LogP contribution is -2.04. The first kappa shape index (κ1) is 18.6. The molecule has 0 radical (unpaired) electrons. The monoisotopic (exact) mass is 409 g/mol. The van der Waals surface area contributed by atoms with Crippen LogP contribution in [0.5, 0.6) is 0 Å². The standard InChI is InChI=1S/C20H19N5OS2/c1-14-7-9-16(10-8-14)18-22-17(25-26-18)13-27-20-24-23-19(28-20)21-12-11-15-5-3-2-4-6-15/h2-10H,11-13H2,1H3,(H,21,23). The third kappa shape index (κ3) is 4.96. The van der Waals surface area contributed by atoms with E-state index in [1.165, 1.54) is 22.5 Å². The van der Waals surface area contributed by atoms with Crippen LogP contribution in [0.4, 0.5) is 5.13 Å². The van der Waals surface area contributed by atoms with Gasteiger partial charge in [-0.15, -0.1) is 10.2 Å². The van der Waals surface area contributed by atoms with Crippen molar-refractivity contribution in [2.24, 2.45) is 0 Å². The molecule has 0 saturated carbocycles. The van der Waals surface area contributed by atoms with Gasteiger partial charge < -0.3 is 9.84 Å². The van der Waals surface area contributed by atoms with E-state index in [1.807, 2.05) is 37.3 Å². The number of aromatic nitrogens is 4. The number of anilines is 1. The smallest absolute Gasteiger partial charge is 0.257 e.